The zero-order valence-corrected chi connectivity index (χ0v) is 20.0. The van der Waals surface area contributed by atoms with Crippen LogP contribution in [0.4, 0.5) is 0 Å². The van der Waals surface area contributed by atoms with Gasteiger partial charge in [-0.1, -0.05) is 19.8 Å². The van der Waals surface area contributed by atoms with E-state index in [1.807, 2.05) is 0 Å². The van der Waals surface area contributed by atoms with Crippen molar-refractivity contribution in [1.29, 1.82) is 0 Å². The Labute approximate surface area is 205 Å². The van der Waals surface area contributed by atoms with Crippen LogP contribution < -0.4 is 14.2 Å². The van der Waals surface area contributed by atoms with E-state index in [1.54, 1.807) is 57.2 Å². The van der Waals surface area contributed by atoms with Gasteiger partial charge in [-0.15, -0.1) is 5.92 Å². The van der Waals surface area contributed by atoms with E-state index in [0.29, 0.717) is 22.8 Å². The normalized spacial score (nSPS) is 9.76. The molecule has 3 aromatic rings. The molecule has 3 rings (SSSR count). The lowest BCUT2D eigenvalue weighted by atomic mass is 10.1. The van der Waals surface area contributed by atoms with E-state index in [0.717, 1.165) is 5.56 Å². The Kier molecular flexibility index (Phi) is 9.48. The van der Waals surface area contributed by atoms with Crippen molar-refractivity contribution in [2.45, 2.75) is 20.8 Å². The van der Waals surface area contributed by atoms with Crippen molar-refractivity contribution >= 4 is 31.4 Å². The minimum Gasteiger partial charge on any atom is -0.426 e. The smallest absolute Gasteiger partial charge is 0.343 e. The zero-order chi connectivity index (χ0) is 23.8. The molecular formula is C27H24O6S. The highest BCUT2D eigenvalue weighted by Crippen LogP contribution is 2.21. The van der Waals surface area contributed by atoms with Crippen molar-refractivity contribution in [3.8, 4) is 29.1 Å². The van der Waals surface area contributed by atoms with Gasteiger partial charge in [0.1, 0.15) is 17.2 Å². The lowest BCUT2D eigenvalue weighted by Gasteiger charge is -2.08. The van der Waals surface area contributed by atoms with Gasteiger partial charge in [0.15, 0.2) is 0 Å². The molecular weight excluding hydrogens is 452 g/mol. The van der Waals surface area contributed by atoms with Gasteiger partial charge >= 0.3 is 17.9 Å². The number of rotatable bonds is 6. The number of esters is 3. The summed E-state index contributed by atoms with van der Waals surface area (Å²) >= 11 is 0. The van der Waals surface area contributed by atoms with Crippen LogP contribution in [0.15, 0.2) is 72.8 Å². The molecule has 34 heavy (non-hydrogen) atoms. The van der Waals surface area contributed by atoms with Gasteiger partial charge in [-0.3, -0.25) is 4.79 Å². The van der Waals surface area contributed by atoms with E-state index >= 15 is 0 Å². The highest BCUT2D eigenvalue weighted by molar-refractivity contribution is 7.59. The third-order valence-corrected chi connectivity index (χ3v) is 4.41. The van der Waals surface area contributed by atoms with Crippen LogP contribution in [0.3, 0.4) is 0 Å². The van der Waals surface area contributed by atoms with Crippen molar-refractivity contribution < 1.29 is 28.6 Å². The Bertz CT molecular complexity index is 1200. The lowest BCUT2D eigenvalue weighted by molar-refractivity contribution is -0.137. The van der Waals surface area contributed by atoms with Gasteiger partial charge in [0.2, 0.25) is 0 Å². The van der Waals surface area contributed by atoms with E-state index < -0.39 is 11.9 Å². The molecule has 0 radical (unpaired) electrons. The van der Waals surface area contributed by atoms with E-state index in [4.69, 9.17) is 14.2 Å². The quantitative estimate of drug-likeness (QED) is 0.277. The predicted octanol–water partition coefficient (Wildman–Crippen LogP) is 5.17. The van der Waals surface area contributed by atoms with Gasteiger partial charge in [-0.05, 0) is 79.7 Å². The van der Waals surface area contributed by atoms with Crippen LogP contribution in [0, 0.1) is 17.8 Å². The van der Waals surface area contributed by atoms with Crippen LogP contribution in [0.5, 0.6) is 17.2 Å². The van der Waals surface area contributed by atoms with E-state index in [1.165, 1.54) is 36.4 Å². The molecule has 0 saturated heterocycles. The third-order valence-electron chi connectivity index (χ3n) is 4.41. The summed E-state index contributed by atoms with van der Waals surface area (Å²) in [6.45, 7) is 5.22. The zero-order valence-electron chi connectivity index (χ0n) is 19.0. The summed E-state index contributed by atoms with van der Waals surface area (Å²) in [6.07, 6.45) is 0. The third kappa shape index (κ3) is 7.26. The predicted molar refractivity (Wildman–Crippen MR) is 133 cm³/mol. The molecule has 3 aromatic carbocycles. The van der Waals surface area contributed by atoms with Gasteiger partial charge in [0.25, 0.3) is 0 Å². The highest BCUT2D eigenvalue weighted by Gasteiger charge is 2.13. The molecule has 0 aromatic heterocycles. The fourth-order valence-electron chi connectivity index (χ4n) is 2.63. The summed E-state index contributed by atoms with van der Waals surface area (Å²) in [5.41, 5.74) is 1.48. The summed E-state index contributed by atoms with van der Waals surface area (Å²) in [6, 6.07) is 19.0. The second-order valence-corrected chi connectivity index (χ2v) is 7.30. The summed E-state index contributed by atoms with van der Waals surface area (Å²) in [5, 5.41) is 0. The first kappa shape index (κ1) is 26.2. The van der Waals surface area contributed by atoms with Crippen LogP contribution in [-0.4, -0.2) is 17.9 Å². The molecule has 7 heteroatoms. The Morgan fingerprint density at radius 1 is 0.647 bits per heavy atom. The minimum absolute atomic E-state index is 0. The summed E-state index contributed by atoms with van der Waals surface area (Å²) in [7, 11) is 0. The summed E-state index contributed by atoms with van der Waals surface area (Å²) in [4.78, 5) is 36.3. The maximum absolute atomic E-state index is 12.4. The number of carbonyl (C=O) groups is 3. The van der Waals surface area contributed by atoms with E-state index in [-0.39, 0.29) is 30.9 Å². The Balaban J connectivity index is 0.00000408. The Morgan fingerprint density at radius 3 is 1.44 bits per heavy atom. The molecule has 0 fully saturated rings. The summed E-state index contributed by atoms with van der Waals surface area (Å²) in [5.74, 6) is 4.99. The van der Waals surface area contributed by atoms with Gasteiger partial charge < -0.3 is 14.2 Å². The van der Waals surface area contributed by atoms with Crippen molar-refractivity contribution in [2.75, 3.05) is 0 Å². The van der Waals surface area contributed by atoms with E-state index in [9.17, 15) is 14.4 Å². The molecule has 6 nitrogen and oxygen atoms in total. The molecule has 0 aliphatic carbocycles. The topological polar surface area (TPSA) is 78.9 Å². The first-order chi connectivity index (χ1) is 15.9. The standard InChI is InChI=1S/C27H22O6.H2S/c1-4-5-19-6-8-20(9-7-19)26(29)32-22-12-10-21(11-13-22)27(30)33-24-16-14-23(15-17-24)31-25(28)18(2)3;/h6-18H,1-3H3;1H2. The minimum atomic E-state index is -0.576. The molecule has 0 N–H and O–H groups in total. The molecule has 0 aliphatic rings. The highest BCUT2D eigenvalue weighted by atomic mass is 32.1. The molecule has 0 unspecified atom stereocenters. The number of carbonyl (C=O) groups excluding carboxylic acids is 3. The van der Waals surface area contributed by atoms with Gasteiger partial charge in [-0.25, -0.2) is 9.59 Å². The van der Waals surface area contributed by atoms with Crippen LogP contribution in [0.1, 0.15) is 47.1 Å². The first-order valence-corrected chi connectivity index (χ1v) is 10.2. The fourth-order valence-corrected chi connectivity index (χ4v) is 2.63. The van der Waals surface area contributed by atoms with Crippen LogP contribution >= 0.6 is 13.5 Å². The van der Waals surface area contributed by atoms with Gasteiger partial charge in [-0.2, -0.15) is 13.5 Å². The van der Waals surface area contributed by atoms with Gasteiger partial charge in [0.05, 0.1) is 17.0 Å². The first-order valence-electron chi connectivity index (χ1n) is 10.2. The molecule has 0 heterocycles. The molecule has 0 saturated carbocycles. The Morgan fingerprint density at radius 2 is 1.03 bits per heavy atom. The number of hydrogen-bond acceptors (Lipinski definition) is 6. The SMILES string of the molecule is CC#Cc1ccc(C(=O)Oc2ccc(C(=O)Oc3ccc(OC(=O)C(C)C)cc3)cc2)cc1.S. The van der Waals surface area contributed by atoms with Gasteiger partial charge in [0, 0.05) is 5.56 Å². The molecule has 0 aliphatic heterocycles. The molecule has 174 valence electrons. The average Bonchev–Trinajstić information content (AvgIpc) is 2.81. The number of hydrogen-bond donors (Lipinski definition) is 0. The molecule has 0 atom stereocenters. The maximum atomic E-state index is 12.4. The Hall–Kier alpha value is -4.02. The number of ether oxygens (including phenoxy) is 3. The maximum Gasteiger partial charge on any atom is 0.343 e. The summed E-state index contributed by atoms with van der Waals surface area (Å²) < 4.78 is 15.9. The second kappa shape index (κ2) is 12.3. The van der Waals surface area contributed by atoms with Crippen LogP contribution in [0.25, 0.3) is 0 Å². The molecule has 0 bridgehead atoms. The molecule has 0 amide bonds. The van der Waals surface area contributed by atoms with Crippen molar-refractivity contribution in [1.82, 2.24) is 0 Å². The van der Waals surface area contributed by atoms with Crippen molar-refractivity contribution in [3.05, 3.63) is 89.5 Å². The average molecular weight is 477 g/mol. The van der Waals surface area contributed by atoms with Crippen molar-refractivity contribution in [3.63, 3.8) is 0 Å². The largest absolute Gasteiger partial charge is 0.426 e. The lowest BCUT2D eigenvalue weighted by Crippen LogP contribution is -2.14. The fraction of sp³-hybridized carbons (Fsp3) is 0.148. The molecule has 0 spiro atoms. The van der Waals surface area contributed by atoms with Crippen molar-refractivity contribution in [2.24, 2.45) is 5.92 Å². The number of benzene rings is 3. The van der Waals surface area contributed by atoms with Crippen LogP contribution in [0.2, 0.25) is 0 Å². The van der Waals surface area contributed by atoms with E-state index in [2.05, 4.69) is 11.8 Å². The monoisotopic (exact) mass is 476 g/mol. The van der Waals surface area contributed by atoms with Crippen LogP contribution in [-0.2, 0) is 4.79 Å². The second-order valence-electron chi connectivity index (χ2n) is 7.30.